The molecule has 0 N–H and O–H groups in total. The molecule has 0 radical (unpaired) electrons. The molecule has 0 aromatic heterocycles. The van der Waals surface area contributed by atoms with Gasteiger partial charge in [-0.3, -0.25) is 14.5 Å². The maximum Gasteiger partial charge on any atom is 0.337 e. The third-order valence-electron chi connectivity index (χ3n) is 5.63. The van der Waals surface area contributed by atoms with E-state index in [1.807, 2.05) is 4.90 Å². The molecule has 2 aliphatic rings. The van der Waals surface area contributed by atoms with Crippen molar-refractivity contribution in [3.05, 3.63) is 40.3 Å². The third kappa shape index (κ3) is 6.40. The van der Waals surface area contributed by atoms with Gasteiger partial charge >= 0.3 is 5.97 Å². The van der Waals surface area contributed by atoms with Crippen molar-refractivity contribution in [3.8, 4) is 0 Å². The lowest BCUT2D eigenvalue weighted by atomic mass is 10.1. The Labute approximate surface area is 198 Å². The molecule has 2 saturated heterocycles. The monoisotopic (exact) mass is 475 g/mol. The number of rotatable bonds is 8. The van der Waals surface area contributed by atoms with E-state index in [1.54, 1.807) is 35.2 Å². The minimum absolute atomic E-state index is 0.0921. The summed E-state index contributed by atoms with van der Waals surface area (Å²) in [7, 11) is 3.42. The van der Waals surface area contributed by atoms with E-state index in [2.05, 4.69) is 11.9 Å². The van der Waals surface area contributed by atoms with Crippen LogP contribution in [-0.4, -0.2) is 83.7 Å². The van der Waals surface area contributed by atoms with E-state index >= 15 is 0 Å². The minimum atomic E-state index is -0.395. The molecular formula is C23H29N3O4S2. The van der Waals surface area contributed by atoms with Crippen LogP contribution in [0, 0.1) is 0 Å². The molecule has 2 heterocycles. The number of thioether (sulfide) groups is 1. The van der Waals surface area contributed by atoms with Crippen LogP contribution in [0.15, 0.2) is 29.2 Å². The van der Waals surface area contributed by atoms with E-state index in [9.17, 15) is 14.4 Å². The molecule has 0 saturated carbocycles. The maximum atomic E-state index is 12.8. The molecule has 1 aromatic rings. The summed E-state index contributed by atoms with van der Waals surface area (Å²) in [6, 6.07) is 6.88. The number of ether oxygens (including phenoxy) is 1. The fraction of sp³-hybridized carbons (Fsp3) is 0.478. The van der Waals surface area contributed by atoms with Crippen molar-refractivity contribution in [2.45, 2.75) is 25.7 Å². The Morgan fingerprint density at radius 3 is 2.44 bits per heavy atom. The molecule has 1 aromatic carbocycles. The van der Waals surface area contributed by atoms with Gasteiger partial charge in [-0.15, -0.1) is 0 Å². The lowest BCUT2D eigenvalue weighted by molar-refractivity contribution is -0.133. The first kappa shape index (κ1) is 24.4. The average molecular weight is 476 g/mol. The number of hydrogen-bond donors (Lipinski definition) is 0. The van der Waals surface area contributed by atoms with Crippen LogP contribution in [0.5, 0.6) is 0 Å². The summed E-state index contributed by atoms with van der Waals surface area (Å²) >= 11 is 6.69. The highest BCUT2D eigenvalue weighted by Gasteiger charge is 2.31. The molecule has 7 nitrogen and oxygen atoms in total. The first-order valence-corrected chi connectivity index (χ1v) is 12.0. The Hall–Kier alpha value is -2.23. The summed E-state index contributed by atoms with van der Waals surface area (Å²) in [6.07, 6.45) is 4.86. The molecule has 9 heteroatoms. The van der Waals surface area contributed by atoms with Gasteiger partial charge in [0, 0.05) is 39.1 Å². The van der Waals surface area contributed by atoms with E-state index in [-0.39, 0.29) is 11.8 Å². The summed E-state index contributed by atoms with van der Waals surface area (Å²) < 4.78 is 5.25. The number of esters is 1. The second-order valence-electron chi connectivity index (χ2n) is 7.94. The van der Waals surface area contributed by atoms with E-state index < -0.39 is 5.97 Å². The van der Waals surface area contributed by atoms with Crippen molar-refractivity contribution in [2.75, 3.05) is 46.9 Å². The minimum Gasteiger partial charge on any atom is -0.465 e. The van der Waals surface area contributed by atoms with Crippen LogP contribution in [0.1, 0.15) is 41.6 Å². The van der Waals surface area contributed by atoms with Crippen LogP contribution in [0.3, 0.4) is 0 Å². The average Bonchev–Trinajstić information content (AvgIpc) is 3.06. The van der Waals surface area contributed by atoms with Crippen molar-refractivity contribution in [2.24, 2.45) is 0 Å². The molecule has 172 valence electrons. The van der Waals surface area contributed by atoms with Gasteiger partial charge in [0.25, 0.3) is 5.91 Å². The normalized spacial score (nSPS) is 18.5. The molecule has 2 amide bonds. The number of thiocarbonyl (C=S) groups is 1. The number of carbonyl (C=O) groups is 3. The molecule has 0 atom stereocenters. The van der Waals surface area contributed by atoms with Gasteiger partial charge in [-0.2, -0.15) is 0 Å². The number of unbranched alkanes of at least 4 members (excludes halogenated alkanes) is 2. The van der Waals surface area contributed by atoms with E-state index in [0.717, 1.165) is 51.0 Å². The second-order valence-corrected chi connectivity index (χ2v) is 9.62. The van der Waals surface area contributed by atoms with Gasteiger partial charge in [0.15, 0.2) is 0 Å². The van der Waals surface area contributed by atoms with Gasteiger partial charge in [-0.1, -0.05) is 42.5 Å². The number of carbonyl (C=O) groups excluding carboxylic acids is 3. The number of hydrogen-bond acceptors (Lipinski definition) is 7. The smallest absolute Gasteiger partial charge is 0.337 e. The Balaban J connectivity index is 1.43. The van der Waals surface area contributed by atoms with Crippen LogP contribution in [-0.2, 0) is 14.3 Å². The van der Waals surface area contributed by atoms with Crippen molar-refractivity contribution < 1.29 is 19.1 Å². The molecule has 0 unspecified atom stereocenters. The third-order valence-corrected chi connectivity index (χ3v) is 7.01. The maximum absolute atomic E-state index is 12.8. The fourth-order valence-corrected chi connectivity index (χ4v) is 4.92. The van der Waals surface area contributed by atoms with Crippen molar-refractivity contribution in [3.63, 3.8) is 0 Å². The summed E-state index contributed by atoms with van der Waals surface area (Å²) in [5.74, 6) is -0.261. The fourth-order valence-electron chi connectivity index (χ4n) is 3.61. The molecule has 0 spiro atoms. The predicted octanol–water partition coefficient (Wildman–Crippen LogP) is 3.01. The Bertz CT molecular complexity index is 893. The van der Waals surface area contributed by atoms with Crippen molar-refractivity contribution in [1.29, 1.82) is 0 Å². The van der Waals surface area contributed by atoms with Crippen molar-refractivity contribution in [1.82, 2.24) is 14.7 Å². The van der Waals surface area contributed by atoms with Gasteiger partial charge in [-0.05, 0) is 43.7 Å². The van der Waals surface area contributed by atoms with Crippen LogP contribution >= 0.6 is 24.0 Å². The molecule has 0 bridgehead atoms. The Kier molecular flexibility index (Phi) is 8.84. The topological polar surface area (TPSA) is 70.2 Å². The van der Waals surface area contributed by atoms with Gasteiger partial charge in [0.1, 0.15) is 4.32 Å². The second kappa shape index (κ2) is 11.6. The SMILES string of the molecule is COC(=O)c1ccc(/C=C2\SC(=S)N(CCCCCC(=O)N3CCN(C)CC3)C2=O)cc1. The number of methoxy groups -OCH3 is 1. The standard InChI is InChI=1S/C23H29N3O4S2/c1-24-12-14-25(15-13-24)20(27)6-4-3-5-11-26-21(28)19(32-23(26)31)16-17-7-9-18(10-8-17)22(29)30-2/h7-10,16H,3-6,11-15H2,1-2H3/b19-16-. The first-order valence-electron chi connectivity index (χ1n) is 10.8. The predicted molar refractivity (Wildman–Crippen MR) is 130 cm³/mol. The van der Waals surface area contributed by atoms with E-state index in [1.165, 1.54) is 18.9 Å². The Morgan fingerprint density at radius 1 is 1.09 bits per heavy atom. The molecule has 2 aliphatic heterocycles. The highest BCUT2D eigenvalue weighted by Crippen LogP contribution is 2.32. The van der Waals surface area contributed by atoms with Crippen LogP contribution in [0.4, 0.5) is 0 Å². The molecular weight excluding hydrogens is 446 g/mol. The van der Waals surface area contributed by atoms with Gasteiger partial charge in [0.2, 0.25) is 5.91 Å². The highest BCUT2D eigenvalue weighted by molar-refractivity contribution is 8.26. The number of piperazine rings is 1. The molecule has 3 rings (SSSR count). The van der Waals surface area contributed by atoms with E-state index in [4.69, 9.17) is 17.0 Å². The quantitative estimate of drug-likeness (QED) is 0.248. The molecule has 2 fully saturated rings. The van der Waals surface area contributed by atoms with Crippen LogP contribution < -0.4 is 0 Å². The van der Waals surface area contributed by atoms with Gasteiger partial charge in [0.05, 0.1) is 17.6 Å². The number of amides is 2. The Morgan fingerprint density at radius 2 is 1.78 bits per heavy atom. The number of benzene rings is 1. The number of likely N-dealkylation sites (N-methyl/N-ethyl adjacent to an activating group) is 1. The van der Waals surface area contributed by atoms with Gasteiger partial charge < -0.3 is 14.5 Å². The first-order chi connectivity index (χ1) is 15.4. The van der Waals surface area contributed by atoms with Crippen LogP contribution in [0.25, 0.3) is 6.08 Å². The zero-order valence-corrected chi connectivity index (χ0v) is 20.2. The highest BCUT2D eigenvalue weighted by atomic mass is 32.2. The van der Waals surface area contributed by atoms with Crippen molar-refractivity contribution >= 4 is 52.2 Å². The zero-order chi connectivity index (χ0) is 23.1. The van der Waals surface area contributed by atoms with Gasteiger partial charge in [-0.25, -0.2) is 4.79 Å². The summed E-state index contributed by atoms with van der Waals surface area (Å²) in [5, 5.41) is 0. The lowest BCUT2D eigenvalue weighted by Crippen LogP contribution is -2.47. The zero-order valence-electron chi connectivity index (χ0n) is 18.5. The largest absolute Gasteiger partial charge is 0.465 e. The number of nitrogens with zero attached hydrogens (tertiary/aromatic N) is 3. The summed E-state index contributed by atoms with van der Waals surface area (Å²) in [4.78, 5) is 43.0. The molecule has 0 aliphatic carbocycles. The summed E-state index contributed by atoms with van der Waals surface area (Å²) in [5.41, 5.74) is 1.28. The summed E-state index contributed by atoms with van der Waals surface area (Å²) in [6.45, 7) is 4.05. The van der Waals surface area contributed by atoms with Crippen LogP contribution in [0.2, 0.25) is 0 Å². The van der Waals surface area contributed by atoms with E-state index in [0.29, 0.717) is 27.8 Å². The molecule has 32 heavy (non-hydrogen) atoms. The lowest BCUT2D eigenvalue weighted by Gasteiger charge is -2.32.